The molecule has 4 nitrogen and oxygen atoms in total. The van der Waals surface area contributed by atoms with Crippen LogP contribution in [-0.4, -0.2) is 31.1 Å². The molecule has 1 amide bonds. The molecule has 1 heterocycles. The van der Waals surface area contributed by atoms with Crippen molar-refractivity contribution in [2.24, 2.45) is 0 Å². The molecule has 1 aliphatic heterocycles. The fraction of sp³-hybridized carbons (Fsp3) is 0.500. The van der Waals surface area contributed by atoms with Gasteiger partial charge in [0.15, 0.2) is 6.10 Å². The summed E-state index contributed by atoms with van der Waals surface area (Å²) in [6.45, 7) is 3.41. The number of halogens is 2. The first-order chi connectivity index (χ1) is 9.56. The van der Waals surface area contributed by atoms with Crippen molar-refractivity contribution in [3.05, 3.63) is 29.0 Å². The van der Waals surface area contributed by atoms with E-state index in [1.807, 2.05) is 0 Å². The van der Waals surface area contributed by atoms with Crippen LogP contribution in [0.5, 0.6) is 5.75 Å². The fourth-order valence-electron chi connectivity index (χ4n) is 2.11. The number of hydrogen-bond acceptors (Lipinski definition) is 3. The van der Waals surface area contributed by atoms with Crippen LogP contribution in [0.25, 0.3) is 0 Å². The van der Waals surface area contributed by atoms with Crippen LogP contribution in [0.1, 0.15) is 19.8 Å². The Balaban J connectivity index is 1.89. The Morgan fingerprint density at radius 2 is 2.40 bits per heavy atom. The number of amides is 1. The number of piperidine rings is 1. The smallest absolute Gasteiger partial charge is 0.261 e. The first-order valence-electron chi connectivity index (χ1n) is 6.69. The molecule has 0 saturated carbocycles. The van der Waals surface area contributed by atoms with Gasteiger partial charge in [-0.2, -0.15) is 0 Å². The van der Waals surface area contributed by atoms with Crippen LogP contribution < -0.4 is 15.4 Å². The summed E-state index contributed by atoms with van der Waals surface area (Å²) in [4.78, 5) is 12.0. The summed E-state index contributed by atoms with van der Waals surface area (Å²) < 4.78 is 18.4. The van der Waals surface area contributed by atoms with Crippen molar-refractivity contribution in [3.8, 4) is 5.75 Å². The van der Waals surface area contributed by atoms with Crippen LogP contribution in [0.4, 0.5) is 4.39 Å². The summed E-state index contributed by atoms with van der Waals surface area (Å²) in [7, 11) is 0. The molecule has 6 heteroatoms. The Bertz CT molecular complexity index is 478. The van der Waals surface area contributed by atoms with Crippen LogP contribution in [0.3, 0.4) is 0 Å². The van der Waals surface area contributed by atoms with E-state index in [1.165, 1.54) is 12.1 Å². The number of hydrogen-bond donors (Lipinski definition) is 2. The molecule has 2 atom stereocenters. The molecule has 2 N–H and O–H groups in total. The topological polar surface area (TPSA) is 50.4 Å². The van der Waals surface area contributed by atoms with Gasteiger partial charge in [-0.25, -0.2) is 4.39 Å². The zero-order valence-electron chi connectivity index (χ0n) is 11.3. The van der Waals surface area contributed by atoms with Crippen LogP contribution in [0, 0.1) is 5.82 Å². The van der Waals surface area contributed by atoms with E-state index in [-0.39, 0.29) is 17.0 Å². The number of carbonyl (C=O) groups excluding carboxylic acids is 1. The Labute approximate surface area is 122 Å². The minimum atomic E-state index is -0.681. The normalized spacial score (nSPS) is 20.2. The van der Waals surface area contributed by atoms with Gasteiger partial charge in [-0.3, -0.25) is 4.79 Å². The summed E-state index contributed by atoms with van der Waals surface area (Å²) in [5.74, 6) is -0.329. The molecule has 0 spiro atoms. The third kappa shape index (κ3) is 4.08. The molecule has 1 fully saturated rings. The van der Waals surface area contributed by atoms with Crippen LogP contribution in [0.15, 0.2) is 18.2 Å². The molecule has 20 heavy (non-hydrogen) atoms. The van der Waals surface area contributed by atoms with E-state index < -0.39 is 11.9 Å². The highest BCUT2D eigenvalue weighted by molar-refractivity contribution is 6.32. The van der Waals surface area contributed by atoms with Crippen LogP contribution >= 0.6 is 11.6 Å². The monoisotopic (exact) mass is 300 g/mol. The van der Waals surface area contributed by atoms with Crippen molar-refractivity contribution in [1.82, 2.24) is 10.6 Å². The van der Waals surface area contributed by atoms with Gasteiger partial charge in [0.1, 0.15) is 11.6 Å². The number of carbonyl (C=O) groups is 1. The lowest BCUT2D eigenvalue weighted by Crippen LogP contribution is -2.49. The van der Waals surface area contributed by atoms with E-state index in [2.05, 4.69) is 10.6 Å². The van der Waals surface area contributed by atoms with E-state index >= 15 is 0 Å². The summed E-state index contributed by atoms with van der Waals surface area (Å²) >= 11 is 5.86. The second-order valence-electron chi connectivity index (χ2n) is 4.89. The van der Waals surface area contributed by atoms with Crippen molar-refractivity contribution >= 4 is 17.5 Å². The van der Waals surface area contributed by atoms with Gasteiger partial charge < -0.3 is 15.4 Å². The van der Waals surface area contributed by atoms with E-state index in [4.69, 9.17) is 16.3 Å². The molecular formula is C14H18ClFN2O2. The first kappa shape index (κ1) is 15.1. The second-order valence-corrected chi connectivity index (χ2v) is 5.29. The van der Waals surface area contributed by atoms with Crippen molar-refractivity contribution in [2.75, 3.05) is 13.1 Å². The molecule has 1 aromatic rings. The zero-order valence-corrected chi connectivity index (χ0v) is 12.0. The number of benzene rings is 1. The predicted molar refractivity (Wildman–Crippen MR) is 75.5 cm³/mol. The summed E-state index contributed by atoms with van der Waals surface area (Å²) in [5, 5.41) is 6.31. The molecule has 0 bridgehead atoms. The molecule has 1 unspecified atom stereocenters. The zero-order chi connectivity index (χ0) is 14.5. The van der Waals surface area contributed by atoms with Gasteiger partial charge >= 0.3 is 0 Å². The minimum absolute atomic E-state index is 0.131. The lowest BCUT2D eigenvalue weighted by atomic mass is 10.1. The Kier molecular flexibility index (Phi) is 5.20. The van der Waals surface area contributed by atoms with Crippen molar-refractivity contribution < 1.29 is 13.9 Å². The summed E-state index contributed by atoms with van der Waals surface area (Å²) in [6.07, 6.45) is 1.33. The van der Waals surface area contributed by atoms with Crippen molar-refractivity contribution in [2.45, 2.75) is 31.9 Å². The largest absolute Gasteiger partial charge is 0.479 e. The molecule has 1 aliphatic rings. The van der Waals surface area contributed by atoms with Gasteiger partial charge in [-0.1, -0.05) is 11.6 Å². The Morgan fingerprint density at radius 1 is 1.60 bits per heavy atom. The summed E-state index contributed by atoms with van der Waals surface area (Å²) in [5.41, 5.74) is 0. The second kappa shape index (κ2) is 6.90. The highest BCUT2D eigenvalue weighted by atomic mass is 35.5. The van der Waals surface area contributed by atoms with E-state index in [9.17, 15) is 9.18 Å². The Hall–Kier alpha value is -1.33. The maximum atomic E-state index is 12.9. The number of ether oxygens (including phenoxy) is 1. The maximum absolute atomic E-state index is 12.9. The Morgan fingerprint density at radius 3 is 3.05 bits per heavy atom. The highest BCUT2D eigenvalue weighted by Crippen LogP contribution is 2.25. The summed E-state index contributed by atoms with van der Waals surface area (Å²) in [6, 6.07) is 3.96. The van der Waals surface area contributed by atoms with E-state index in [0.29, 0.717) is 5.75 Å². The first-order valence-corrected chi connectivity index (χ1v) is 7.07. The average Bonchev–Trinajstić information content (AvgIpc) is 2.43. The standard InChI is InChI=1S/C14H18ClFN2O2/c1-9(14(19)18-11-3-2-6-17-8-11)20-13-5-4-10(16)7-12(13)15/h4-5,7,9,11,17H,2-3,6,8H2,1H3,(H,18,19)/t9?,11-/m0/s1. The lowest BCUT2D eigenvalue weighted by molar-refractivity contribution is -0.128. The molecule has 0 aliphatic carbocycles. The quantitative estimate of drug-likeness (QED) is 0.895. The minimum Gasteiger partial charge on any atom is -0.479 e. The van der Waals surface area contributed by atoms with Gasteiger partial charge in [0, 0.05) is 12.6 Å². The van der Waals surface area contributed by atoms with Crippen LogP contribution in [0.2, 0.25) is 5.02 Å². The highest BCUT2D eigenvalue weighted by Gasteiger charge is 2.21. The van der Waals surface area contributed by atoms with E-state index in [0.717, 1.165) is 32.0 Å². The van der Waals surface area contributed by atoms with Gasteiger partial charge in [0.05, 0.1) is 5.02 Å². The molecule has 1 aromatic carbocycles. The number of nitrogens with one attached hydrogen (secondary N) is 2. The van der Waals surface area contributed by atoms with E-state index in [1.54, 1.807) is 6.92 Å². The van der Waals surface area contributed by atoms with Crippen molar-refractivity contribution in [3.63, 3.8) is 0 Å². The van der Waals surface area contributed by atoms with Gasteiger partial charge in [0.2, 0.25) is 0 Å². The third-order valence-corrected chi connectivity index (χ3v) is 3.51. The molecule has 0 radical (unpaired) electrons. The molecular weight excluding hydrogens is 283 g/mol. The number of rotatable bonds is 4. The third-order valence-electron chi connectivity index (χ3n) is 3.21. The van der Waals surface area contributed by atoms with Crippen molar-refractivity contribution in [1.29, 1.82) is 0 Å². The van der Waals surface area contributed by atoms with Gasteiger partial charge in [0.25, 0.3) is 5.91 Å². The molecule has 110 valence electrons. The SMILES string of the molecule is CC(Oc1ccc(F)cc1Cl)C(=O)N[C@H]1CCCNC1. The van der Waals surface area contributed by atoms with Gasteiger partial charge in [-0.05, 0) is 44.5 Å². The molecule has 0 aromatic heterocycles. The molecule has 1 saturated heterocycles. The lowest BCUT2D eigenvalue weighted by Gasteiger charge is -2.25. The molecule has 2 rings (SSSR count). The van der Waals surface area contributed by atoms with Crippen LogP contribution in [-0.2, 0) is 4.79 Å². The fourth-order valence-corrected chi connectivity index (χ4v) is 2.32. The average molecular weight is 301 g/mol. The van der Waals surface area contributed by atoms with Gasteiger partial charge in [-0.15, -0.1) is 0 Å². The maximum Gasteiger partial charge on any atom is 0.261 e. The predicted octanol–water partition coefficient (Wildman–Crippen LogP) is 2.11.